The molecular weight excluding hydrogens is 302 g/mol. The number of carbonyl (C=O) groups excluding carboxylic acids is 1. The van der Waals surface area contributed by atoms with Gasteiger partial charge in [-0.2, -0.15) is 0 Å². The Morgan fingerprint density at radius 1 is 1.30 bits per heavy atom. The summed E-state index contributed by atoms with van der Waals surface area (Å²) in [6.45, 7) is 1.88. The normalized spacial score (nSPS) is 20.8. The van der Waals surface area contributed by atoms with Gasteiger partial charge in [-0.1, -0.05) is 0 Å². The van der Waals surface area contributed by atoms with E-state index in [2.05, 4.69) is 4.98 Å². The molecule has 0 unspecified atom stereocenters. The number of amides is 1. The molecule has 3 rings (SSSR count). The van der Waals surface area contributed by atoms with E-state index < -0.39 is 23.8 Å². The van der Waals surface area contributed by atoms with E-state index >= 15 is 0 Å². The van der Waals surface area contributed by atoms with Crippen LogP contribution in [-0.2, 0) is 0 Å². The Morgan fingerprint density at radius 2 is 2.09 bits per heavy atom. The molecule has 1 aromatic carbocycles. The van der Waals surface area contributed by atoms with Crippen molar-refractivity contribution in [3.8, 4) is 0 Å². The fraction of sp³-hybridized carbons (Fsp3) is 0.294. The molecule has 0 aliphatic carbocycles. The van der Waals surface area contributed by atoms with Gasteiger partial charge < -0.3 is 10.0 Å². The van der Waals surface area contributed by atoms with E-state index in [4.69, 9.17) is 0 Å². The molecule has 120 valence electrons. The van der Waals surface area contributed by atoms with Crippen LogP contribution >= 0.6 is 0 Å². The number of hydrogen-bond acceptors (Lipinski definition) is 3. The number of aliphatic hydroxyl groups is 1. The number of aryl methyl sites for hydroxylation is 1. The SMILES string of the molecule is Cc1ccc(C(=O)N2C[C@@H](O)C[C@@H]2c2cc(F)ccc2F)cn1. The summed E-state index contributed by atoms with van der Waals surface area (Å²) in [6, 6.07) is 5.78. The summed E-state index contributed by atoms with van der Waals surface area (Å²) < 4.78 is 27.5. The van der Waals surface area contributed by atoms with Gasteiger partial charge in [-0.3, -0.25) is 9.78 Å². The van der Waals surface area contributed by atoms with E-state index in [0.717, 1.165) is 23.9 Å². The quantitative estimate of drug-likeness (QED) is 0.926. The molecular formula is C17H16F2N2O2. The van der Waals surface area contributed by atoms with E-state index in [1.165, 1.54) is 11.1 Å². The Balaban J connectivity index is 1.95. The largest absolute Gasteiger partial charge is 0.391 e. The van der Waals surface area contributed by atoms with E-state index in [-0.39, 0.29) is 24.4 Å². The zero-order chi connectivity index (χ0) is 16.6. The topological polar surface area (TPSA) is 53.4 Å². The summed E-state index contributed by atoms with van der Waals surface area (Å²) in [5.74, 6) is -1.53. The third-order valence-electron chi connectivity index (χ3n) is 4.02. The van der Waals surface area contributed by atoms with Gasteiger partial charge in [0.05, 0.1) is 17.7 Å². The minimum atomic E-state index is -0.773. The molecule has 2 heterocycles. The molecule has 0 spiro atoms. The Labute approximate surface area is 132 Å². The van der Waals surface area contributed by atoms with Crippen molar-refractivity contribution >= 4 is 5.91 Å². The number of aromatic nitrogens is 1. The monoisotopic (exact) mass is 318 g/mol. The number of aliphatic hydroxyl groups excluding tert-OH is 1. The standard InChI is InChI=1S/C17H16F2N2O2/c1-10-2-3-11(8-20-10)17(23)21-9-13(22)7-16(21)14-6-12(18)4-5-15(14)19/h2-6,8,13,16,22H,7,9H2,1H3/t13-,16+/m0/s1. The highest BCUT2D eigenvalue weighted by Gasteiger charge is 2.37. The molecule has 23 heavy (non-hydrogen) atoms. The third kappa shape index (κ3) is 3.07. The lowest BCUT2D eigenvalue weighted by molar-refractivity contribution is 0.0713. The smallest absolute Gasteiger partial charge is 0.256 e. The number of likely N-dealkylation sites (tertiary alicyclic amines) is 1. The van der Waals surface area contributed by atoms with Gasteiger partial charge in [-0.05, 0) is 43.7 Å². The predicted octanol–water partition coefficient (Wildman–Crippen LogP) is 2.62. The van der Waals surface area contributed by atoms with Gasteiger partial charge in [0.15, 0.2) is 0 Å². The fourth-order valence-corrected chi connectivity index (χ4v) is 2.86. The van der Waals surface area contributed by atoms with E-state index in [1.54, 1.807) is 19.1 Å². The first-order valence-electron chi connectivity index (χ1n) is 7.32. The van der Waals surface area contributed by atoms with Crippen molar-refractivity contribution in [3.63, 3.8) is 0 Å². The first-order valence-corrected chi connectivity index (χ1v) is 7.32. The number of hydrogen-bond donors (Lipinski definition) is 1. The average molecular weight is 318 g/mol. The second-order valence-corrected chi connectivity index (χ2v) is 5.72. The number of benzene rings is 1. The molecule has 2 atom stereocenters. The summed E-state index contributed by atoms with van der Waals surface area (Å²) in [5, 5.41) is 9.91. The van der Waals surface area contributed by atoms with Gasteiger partial charge in [0, 0.05) is 24.0 Å². The van der Waals surface area contributed by atoms with Crippen LogP contribution in [0.2, 0.25) is 0 Å². The van der Waals surface area contributed by atoms with Crippen LogP contribution in [-0.4, -0.2) is 33.5 Å². The molecule has 1 aliphatic heterocycles. The highest BCUT2D eigenvalue weighted by molar-refractivity contribution is 5.94. The van der Waals surface area contributed by atoms with Crippen LogP contribution in [0.25, 0.3) is 0 Å². The lowest BCUT2D eigenvalue weighted by Crippen LogP contribution is -2.32. The van der Waals surface area contributed by atoms with Gasteiger partial charge >= 0.3 is 0 Å². The van der Waals surface area contributed by atoms with Crippen LogP contribution in [0.1, 0.15) is 34.1 Å². The summed E-state index contributed by atoms with van der Waals surface area (Å²) in [4.78, 5) is 18.1. The second kappa shape index (κ2) is 6.04. The number of halogens is 2. The van der Waals surface area contributed by atoms with Crippen LogP contribution < -0.4 is 0 Å². The van der Waals surface area contributed by atoms with Crippen molar-refractivity contribution in [1.82, 2.24) is 9.88 Å². The number of rotatable bonds is 2. The summed E-state index contributed by atoms with van der Waals surface area (Å²) in [7, 11) is 0. The number of nitrogens with zero attached hydrogens (tertiary/aromatic N) is 2. The van der Waals surface area contributed by atoms with Crippen molar-refractivity contribution in [2.45, 2.75) is 25.5 Å². The van der Waals surface area contributed by atoms with Crippen molar-refractivity contribution < 1.29 is 18.7 Å². The number of pyridine rings is 1. The first kappa shape index (κ1) is 15.6. The van der Waals surface area contributed by atoms with Crippen molar-refractivity contribution in [3.05, 3.63) is 65.0 Å². The molecule has 0 bridgehead atoms. The Hall–Kier alpha value is -2.34. The number of carbonyl (C=O) groups is 1. The zero-order valence-corrected chi connectivity index (χ0v) is 12.5. The molecule has 2 aromatic rings. The highest BCUT2D eigenvalue weighted by atomic mass is 19.1. The maximum atomic E-state index is 14.0. The van der Waals surface area contributed by atoms with E-state index in [0.29, 0.717) is 5.56 Å². The first-order chi connectivity index (χ1) is 11.0. The van der Waals surface area contributed by atoms with Crippen LogP contribution in [0.4, 0.5) is 8.78 Å². The van der Waals surface area contributed by atoms with Crippen LogP contribution in [0.15, 0.2) is 36.5 Å². The van der Waals surface area contributed by atoms with Crippen molar-refractivity contribution in [1.29, 1.82) is 0 Å². The van der Waals surface area contributed by atoms with Crippen LogP contribution in [0.5, 0.6) is 0 Å². The molecule has 1 saturated heterocycles. The fourth-order valence-electron chi connectivity index (χ4n) is 2.86. The minimum Gasteiger partial charge on any atom is -0.391 e. The van der Waals surface area contributed by atoms with Crippen LogP contribution in [0, 0.1) is 18.6 Å². The third-order valence-corrected chi connectivity index (χ3v) is 4.02. The maximum absolute atomic E-state index is 14.0. The van der Waals surface area contributed by atoms with Gasteiger partial charge in [0.2, 0.25) is 0 Å². The lowest BCUT2D eigenvalue weighted by atomic mass is 10.0. The zero-order valence-electron chi connectivity index (χ0n) is 12.5. The Morgan fingerprint density at radius 3 is 2.78 bits per heavy atom. The highest BCUT2D eigenvalue weighted by Crippen LogP contribution is 2.35. The summed E-state index contributed by atoms with van der Waals surface area (Å²) in [6.07, 6.45) is 0.845. The molecule has 0 saturated carbocycles. The van der Waals surface area contributed by atoms with E-state index in [1.807, 2.05) is 0 Å². The molecule has 4 nitrogen and oxygen atoms in total. The van der Waals surface area contributed by atoms with Gasteiger partial charge in [0.25, 0.3) is 5.91 Å². The molecule has 0 radical (unpaired) electrons. The predicted molar refractivity (Wildman–Crippen MR) is 79.7 cm³/mol. The number of β-amino-alcohol motifs (C(OH)–C–C–N with tert-alkyl or cyclic N) is 1. The molecule has 6 heteroatoms. The van der Waals surface area contributed by atoms with Gasteiger partial charge in [-0.15, -0.1) is 0 Å². The average Bonchev–Trinajstić information content (AvgIpc) is 2.91. The molecule has 1 aliphatic rings. The van der Waals surface area contributed by atoms with Crippen LogP contribution in [0.3, 0.4) is 0 Å². The Kier molecular flexibility index (Phi) is 4.09. The van der Waals surface area contributed by atoms with Gasteiger partial charge in [-0.25, -0.2) is 8.78 Å². The molecule has 1 aromatic heterocycles. The Bertz CT molecular complexity index is 734. The maximum Gasteiger partial charge on any atom is 0.256 e. The summed E-state index contributed by atoms with van der Waals surface area (Å²) in [5.41, 5.74) is 1.21. The summed E-state index contributed by atoms with van der Waals surface area (Å²) >= 11 is 0. The lowest BCUT2D eigenvalue weighted by Gasteiger charge is -2.25. The second-order valence-electron chi connectivity index (χ2n) is 5.72. The van der Waals surface area contributed by atoms with Gasteiger partial charge in [0.1, 0.15) is 11.6 Å². The molecule has 1 amide bonds. The molecule has 1 N–H and O–H groups in total. The minimum absolute atomic E-state index is 0.0767. The van der Waals surface area contributed by atoms with Crippen molar-refractivity contribution in [2.24, 2.45) is 0 Å². The van der Waals surface area contributed by atoms with E-state index in [9.17, 15) is 18.7 Å². The van der Waals surface area contributed by atoms with Crippen molar-refractivity contribution in [2.75, 3.05) is 6.54 Å². The molecule has 1 fully saturated rings.